The lowest BCUT2D eigenvalue weighted by atomic mass is 10.0. The van der Waals surface area contributed by atoms with Crippen molar-refractivity contribution in [1.82, 2.24) is 9.71 Å². The van der Waals surface area contributed by atoms with Gasteiger partial charge in [-0.3, -0.25) is 0 Å². The molecule has 0 saturated heterocycles. The van der Waals surface area contributed by atoms with Gasteiger partial charge < -0.3 is 4.84 Å². The van der Waals surface area contributed by atoms with E-state index in [1.54, 1.807) is 0 Å². The van der Waals surface area contributed by atoms with Gasteiger partial charge in [-0.15, -0.1) is 4.73 Å². The van der Waals surface area contributed by atoms with Gasteiger partial charge in [-0.25, -0.2) is 9.78 Å². The highest BCUT2D eigenvalue weighted by molar-refractivity contribution is 7.71. The molecule has 1 heterocycles. The normalized spacial score (nSPS) is 11.3. The maximum Gasteiger partial charge on any atom is 0.333 e. The molecular weight excluding hydrogens is 500 g/mol. The molecule has 0 N–H and O–H groups in total. The van der Waals surface area contributed by atoms with Gasteiger partial charge in [0.1, 0.15) is 0 Å². The summed E-state index contributed by atoms with van der Waals surface area (Å²) >= 11 is 5.85. The first kappa shape index (κ1) is 28.9. The van der Waals surface area contributed by atoms with Crippen LogP contribution in [0.5, 0.6) is 0 Å². The van der Waals surface area contributed by atoms with Crippen molar-refractivity contribution >= 4 is 39.9 Å². The largest absolute Gasteiger partial charge is 0.334 e. The molecule has 0 saturated carbocycles. The Labute approximate surface area is 238 Å². The fourth-order valence-corrected chi connectivity index (χ4v) is 5.43. The number of carbonyl (C=O) groups excluding carboxylic acids is 1. The standard InChI is InChI=1S/C34H42N2O2S/c1-2-3-4-5-6-7-8-9-10-11-12-13-17-24-32(37)38-36-33(27-20-15-14-16-21-27)35-31-26-29-23-19-18-22-28(29)25-30(31)34(36)39/h14-16,18-23,25-26H,2-13,17,24H2,1H3. The molecule has 0 unspecified atom stereocenters. The first-order valence-corrected chi connectivity index (χ1v) is 15.3. The van der Waals surface area contributed by atoms with Crippen LogP contribution in [0.2, 0.25) is 0 Å². The van der Waals surface area contributed by atoms with Crippen LogP contribution in [-0.4, -0.2) is 15.7 Å². The zero-order chi connectivity index (χ0) is 27.3. The highest BCUT2D eigenvalue weighted by atomic mass is 32.1. The molecule has 4 rings (SSSR count). The number of fused-ring (bicyclic) bond motifs is 2. The molecule has 206 valence electrons. The molecule has 0 aliphatic heterocycles. The topological polar surface area (TPSA) is 44.1 Å². The average molecular weight is 543 g/mol. The lowest BCUT2D eigenvalue weighted by Crippen LogP contribution is -2.23. The average Bonchev–Trinajstić information content (AvgIpc) is 2.96. The van der Waals surface area contributed by atoms with Crippen molar-refractivity contribution in [2.45, 2.75) is 96.8 Å². The van der Waals surface area contributed by atoms with Crippen LogP contribution in [0.25, 0.3) is 33.1 Å². The van der Waals surface area contributed by atoms with E-state index < -0.39 is 0 Å². The van der Waals surface area contributed by atoms with Gasteiger partial charge in [0, 0.05) is 17.4 Å². The summed E-state index contributed by atoms with van der Waals surface area (Å²) in [7, 11) is 0. The molecule has 0 amide bonds. The summed E-state index contributed by atoms with van der Waals surface area (Å²) in [6.45, 7) is 2.27. The smallest absolute Gasteiger partial charge is 0.333 e. The number of carbonyl (C=O) groups is 1. The van der Waals surface area contributed by atoms with Crippen LogP contribution >= 0.6 is 12.2 Å². The van der Waals surface area contributed by atoms with Gasteiger partial charge >= 0.3 is 5.97 Å². The maximum atomic E-state index is 12.9. The second-order valence-electron chi connectivity index (χ2n) is 10.6. The molecule has 0 atom stereocenters. The fourth-order valence-electron chi connectivity index (χ4n) is 5.15. The molecule has 0 aliphatic rings. The third-order valence-corrected chi connectivity index (χ3v) is 7.79. The minimum atomic E-state index is -0.270. The van der Waals surface area contributed by atoms with Crippen molar-refractivity contribution in [2.75, 3.05) is 0 Å². The second-order valence-corrected chi connectivity index (χ2v) is 11.0. The van der Waals surface area contributed by atoms with E-state index in [9.17, 15) is 4.79 Å². The van der Waals surface area contributed by atoms with Crippen LogP contribution in [-0.2, 0) is 4.79 Å². The van der Waals surface area contributed by atoms with Crippen molar-refractivity contribution in [3.05, 3.63) is 71.4 Å². The van der Waals surface area contributed by atoms with Crippen LogP contribution in [0.1, 0.15) is 96.8 Å². The number of hydrogen-bond donors (Lipinski definition) is 0. The first-order chi connectivity index (χ1) is 19.2. The fraction of sp³-hybridized carbons (Fsp3) is 0.441. The molecule has 3 aromatic carbocycles. The van der Waals surface area contributed by atoms with Crippen LogP contribution in [0.4, 0.5) is 0 Å². The highest BCUT2D eigenvalue weighted by Crippen LogP contribution is 2.26. The highest BCUT2D eigenvalue weighted by Gasteiger charge is 2.15. The minimum Gasteiger partial charge on any atom is -0.334 e. The molecule has 39 heavy (non-hydrogen) atoms. The quantitative estimate of drug-likeness (QED) is 0.0802. The number of hydrogen-bond acceptors (Lipinski definition) is 4. The lowest BCUT2D eigenvalue weighted by molar-refractivity contribution is -0.144. The van der Waals surface area contributed by atoms with Crippen molar-refractivity contribution in [3.63, 3.8) is 0 Å². The predicted molar refractivity (Wildman–Crippen MR) is 165 cm³/mol. The molecule has 0 aliphatic carbocycles. The summed E-state index contributed by atoms with van der Waals surface area (Å²) in [4.78, 5) is 23.6. The van der Waals surface area contributed by atoms with Gasteiger partial charge in [-0.1, -0.05) is 151 Å². The summed E-state index contributed by atoms with van der Waals surface area (Å²) in [5.74, 6) is 0.274. The molecule has 0 fully saturated rings. The van der Waals surface area contributed by atoms with E-state index in [2.05, 4.69) is 19.1 Å². The summed E-state index contributed by atoms with van der Waals surface area (Å²) in [6.07, 6.45) is 16.9. The van der Waals surface area contributed by atoms with Crippen molar-refractivity contribution in [1.29, 1.82) is 0 Å². The Kier molecular flexibility index (Phi) is 11.5. The van der Waals surface area contributed by atoms with Gasteiger partial charge in [-0.2, -0.15) is 0 Å². The number of unbranched alkanes of at least 4 members (excludes halogenated alkanes) is 12. The first-order valence-electron chi connectivity index (χ1n) is 14.9. The molecule has 5 heteroatoms. The zero-order valence-corrected chi connectivity index (χ0v) is 24.2. The summed E-state index contributed by atoms with van der Waals surface area (Å²) < 4.78 is 1.91. The van der Waals surface area contributed by atoms with Gasteiger partial charge in [0.05, 0.1) is 5.52 Å². The van der Waals surface area contributed by atoms with E-state index in [4.69, 9.17) is 22.0 Å². The van der Waals surface area contributed by atoms with E-state index in [0.29, 0.717) is 16.9 Å². The van der Waals surface area contributed by atoms with Crippen LogP contribution in [0.3, 0.4) is 0 Å². The van der Waals surface area contributed by atoms with Crippen molar-refractivity contribution in [3.8, 4) is 11.4 Å². The van der Waals surface area contributed by atoms with Crippen LogP contribution in [0.15, 0.2) is 66.7 Å². The molecule has 1 aromatic heterocycles. The maximum absolute atomic E-state index is 12.9. The Bertz CT molecular complexity index is 1400. The minimum absolute atomic E-state index is 0.270. The zero-order valence-electron chi connectivity index (χ0n) is 23.4. The monoisotopic (exact) mass is 542 g/mol. The predicted octanol–water partition coefficient (Wildman–Crippen LogP) is 10.0. The molecule has 0 bridgehead atoms. The van der Waals surface area contributed by atoms with Crippen LogP contribution < -0.4 is 4.84 Å². The molecule has 4 aromatic rings. The summed E-state index contributed by atoms with van der Waals surface area (Å²) in [5, 5.41) is 2.98. The number of rotatable bonds is 16. The van der Waals surface area contributed by atoms with E-state index in [0.717, 1.165) is 40.1 Å². The van der Waals surface area contributed by atoms with E-state index >= 15 is 0 Å². The number of benzene rings is 3. The number of aromatic nitrogens is 2. The third-order valence-electron chi connectivity index (χ3n) is 7.41. The van der Waals surface area contributed by atoms with Gasteiger partial charge in [0.2, 0.25) is 0 Å². The Morgan fingerprint density at radius 1 is 0.744 bits per heavy atom. The Morgan fingerprint density at radius 2 is 1.28 bits per heavy atom. The Balaban J connectivity index is 1.31. The molecule has 0 spiro atoms. The van der Waals surface area contributed by atoms with E-state index in [1.165, 1.54) is 75.4 Å². The van der Waals surface area contributed by atoms with Gasteiger partial charge in [0.15, 0.2) is 10.5 Å². The van der Waals surface area contributed by atoms with Gasteiger partial charge in [0.25, 0.3) is 0 Å². The molecule has 0 radical (unpaired) electrons. The van der Waals surface area contributed by atoms with Crippen molar-refractivity contribution < 1.29 is 9.63 Å². The second kappa shape index (κ2) is 15.5. The summed E-state index contributed by atoms with van der Waals surface area (Å²) in [5.41, 5.74) is 1.65. The Morgan fingerprint density at radius 3 is 1.90 bits per heavy atom. The SMILES string of the molecule is CCCCCCCCCCCCCCCC(=O)On1c(-c2ccccc2)nc2cc3ccccc3cc2c1=S. The lowest BCUT2D eigenvalue weighted by Gasteiger charge is -2.15. The third kappa shape index (κ3) is 8.47. The molecule has 4 nitrogen and oxygen atoms in total. The Hall–Kier alpha value is -3.05. The van der Waals surface area contributed by atoms with E-state index in [1.807, 2.05) is 54.6 Å². The van der Waals surface area contributed by atoms with Gasteiger partial charge in [-0.05, 0) is 29.3 Å². The number of nitrogens with zero attached hydrogens (tertiary/aromatic N) is 2. The van der Waals surface area contributed by atoms with E-state index in [-0.39, 0.29) is 5.97 Å². The molecular formula is C34H42N2O2S. The van der Waals surface area contributed by atoms with Crippen LogP contribution in [0, 0.1) is 4.64 Å². The summed E-state index contributed by atoms with van der Waals surface area (Å²) in [6, 6.07) is 22.0. The van der Waals surface area contributed by atoms with Crippen molar-refractivity contribution in [2.24, 2.45) is 0 Å².